The van der Waals surface area contributed by atoms with Crippen molar-refractivity contribution in [2.45, 2.75) is 26.4 Å². The first kappa shape index (κ1) is 19.8. The van der Waals surface area contributed by atoms with Crippen molar-refractivity contribution in [3.8, 4) is 17.1 Å². The molecule has 2 aromatic carbocycles. The second-order valence-electron chi connectivity index (χ2n) is 6.76. The quantitative estimate of drug-likeness (QED) is 0.636. The number of aromatic nitrogens is 3. The molecule has 3 rings (SSSR count). The number of hydrogen-bond acceptors (Lipinski definition) is 4. The number of H-pyrrole nitrogens is 1. The van der Waals surface area contributed by atoms with Gasteiger partial charge in [0.1, 0.15) is 12.3 Å². The summed E-state index contributed by atoms with van der Waals surface area (Å²) in [6.45, 7) is 4.13. The molecule has 1 aromatic heterocycles. The van der Waals surface area contributed by atoms with Crippen LogP contribution in [0.1, 0.15) is 24.1 Å². The molecule has 146 valence electrons. The number of likely N-dealkylation sites (N-methyl/N-ethyl adjacent to an activating group) is 1. The Bertz CT molecular complexity index is 1020. The highest BCUT2D eigenvalue weighted by Gasteiger charge is 2.20. The lowest BCUT2D eigenvalue weighted by Crippen LogP contribution is -2.32. The molecule has 0 saturated heterocycles. The van der Waals surface area contributed by atoms with Gasteiger partial charge in [0.25, 0.3) is 0 Å². The minimum absolute atomic E-state index is 0.0466. The summed E-state index contributed by atoms with van der Waals surface area (Å²) in [7, 11) is 3.43. The van der Waals surface area contributed by atoms with E-state index in [9.17, 15) is 4.79 Å². The van der Waals surface area contributed by atoms with Crippen molar-refractivity contribution in [3.05, 3.63) is 64.4 Å². The number of carbonyl (C=O) groups is 1. The van der Waals surface area contributed by atoms with E-state index in [0.29, 0.717) is 10.6 Å². The van der Waals surface area contributed by atoms with Gasteiger partial charge in [-0.15, -0.1) is 0 Å². The van der Waals surface area contributed by atoms with Crippen molar-refractivity contribution in [3.63, 3.8) is 0 Å². The fourth-order valence-electron chi connectivity index (χ4n) is 3.04. The van der Waals surface area contributed by atoms with Crippen molar-refractivity contribution in [2.75, 3.05) is 14.2 Å². The number of nitrogens with one attached hydrogen (secondary N) is 1. The number of benzene rings is 2. The van der Waals surface area contributed by atoms with Crippen LogP contribution in [0.3, 0.4) is 0 Å². The van der Waals surface area contributed by atoms with Crippen molar-refractivity contribution >= 4 is 18.1 Å². The van der Waals surface area contributed by atoms with Gasteiger partial charge >= 0.3 is 0 Å². The molecule has 0 spiro atoms. The SMILES string of the molecule is COc1ccc(C(C)N(C)C(=O)Cn2c(-c3cccc(C)c3)n[nH]c2=S)cc1. The van der Waals surface area contributed by atoms with E-state index in [1.54, 1.807) is 23.6 Å². The first-order chi connectivity index (χ1) is 13.4. The number of aryl methyl sites for hydroxylation is 1. The van der Waals surface area contributed by atoms with Crippen molar-refractivity contribution in [2.24, 2.45) is 0 Å². The van der Waals surface area contributed by atoms with Crippen LogP contribution in [0.5, 0.6) is 5.75 Å². The van der Waals surface area contributed by atoms with Gasteiger partial charge < -0.3 is 9.64 Å². The zero-order valence-corrected chi connectivity index (χ0v) is 17.3. The lowest BCUT2D eigenvalue weighted by Gasteiger charge is -2.26. The average Bonchev–Trinajstić information content (AvgIpc) is 3.07. The molecule has 1 heterocycles. The largest absolute Gasteiger partial charge is 0.497 e. The third-order valence-corrected chi connectivity index (χ3v) is 5.21. The second kappa shape index (κ2) is 8.39. The molecule has 6 nitrogen and oxygen atoms in total. The van der Waals surface area contributed by atoms with E-state index in [0.717, 1.165) is 22.4 Å². The Labute approximate surface area is 169 Å². The Hall–Kier alpha value is -2.93. The summed E-state index contributed by atoms with van der Waals surface area (Å²) in [5.74, 6) is 1.40. The number of amides is 1. The summed E-state index contributed by atoms with van der Waals surface area (Å²) in [5, 5.41) is 7.13. The summed E-state index contributed by atoms with van der Waals surface area (Å²) in [6.07, 6.45) is 0. The standard InChI is InChI=1S/C21H24N4O2S/c1-14-6-5-7-17(12-14)20-22-23-21(28)25(20)13-19(26)24(3)15(2)16-8-10-18(27-4)11-9-16/h5-12,15H,13H2,1-4H3,(H,23,28). The first-order valence-corrected chi connectivity index (χ1v) is 9.43. The van der Waals surface area contributed by atoms with Gasteiger partial charge in [-0.2, -0.15) is 5.10 Å². The third-order valence-electron chi connectivity index (χ3n) is 4.90. The number of aromatic amines is 1. The van der Waals surface area contributed by atoms with Gasteiger partial charge in [0, 0.05) is 12.6 Å². The minimum Gasteiger partial charge on any atom is -0.497 e. The molecule has 0 bridgehead atoms. The van der Waals surface area contributed by atoms with Gasteiger partial charge in [-0.25, -0.2) is 0 Å². The maximum absolute atomic E-state index is 12.9. The predicted molar refractivity (Wildman–Crippen MR) is 112 cm³/mol. The van der Waals surface area contributed by atoms with Crippen molar-refractivity contribution in [1.29, 1.82) is 0 Å². The zero-order valence-electron chi connectivity index (χ0n) is 16.5. The highest BCUT2D eigenvalue weighted by atomic mass is 32.1. The molecule has 0 radical (unpaired) electrons. The Morgan fingerprint density at radius 3 is 2.64 bits per heavy atom. The number of rotatable bonds is 6. The Kier molecular flexibility index (Phi) is 5.94. The molecule has 1 atom stereocenters. The van der Waals surface area contributed by atoms with Gasteiger partial charge in [0.2, 0.25) is 5.91 Å². The summed E-state index contributed by atoms with van der Waals surface area (Å²) < 4.78 is 7.36. The van der Waals surface area contributed by atoms with Gasteiger partial charge in [0.15, 0.2) is 10.6 Å². The Morgan fingerprint density at radius 2 is 2.00 bits per heavy atom. The smallest absolute Gasteiger partial charge is 0.242 e. The van der Waals surface area contributed by atoms with E-state index in [2.05, 4.69) is 10.2 Å². The highest BCUT2D eigenvalue weighted by molar-refractivity contribution is 7.71. The molecule has 0 fully saturated rings. The zero-order chi connectivity index (χ0) is 20.3. The van der Waals surface area contributed by atoms with E-state index in [-0.39, 0.29) is 18.5 Å². The molecule has 0 aliphatic heterocycles. The Balaban J connectivity index is 1.80. The topological polar surface area (TPSA) is 63.1 Å². The average molecular weight is 397 g/mol. The summed E-state index contributed by atoms with van der Waals surface area (Å²) in [5.41, 5.74) is 3.08. The van der Waals surface area contributed by atoms with Crippen molar-refractivity contribution < 1.29 is 9.53 Å². The van der Waals surface area contributed by atoms with Crippen LogP contribution in [-0.4, -0.2) is 39.7 Å². The molecule has 3 aromatic rings. The summed E-state index contributed by atoms with van der Waals surface area (Å²) in [6, 6.07) is 15.6. The van der Waals surface area contributed by atoms with Crippen molar-refractivity contribution in [1.82, 2.24) is 19.7 Å². The maximum Gasteiger partial charge on any atom is 0.242 e. The molecule has 7 heteroatoms. The third kappa shape index (κ3) is 4.14. The van der Waals surface area contributed by atoms with Crippen LogP contribution in [0.15, 0.2) is 48.5 Å². The number of ether oxygens (including phenoxy) is 1. The molecule has 1 amide bonds. The van der Waals surface area contributed by atoms with E-state index < -0.39 is 0 Å². The van der Waals surface area contributed by atoms with Crippen LogP contribution in [0.4, 0.5) is 0 Å². The van der Waals surface area contributed by atoms with Crippen LogP contribution >= 0.6 is 12.2 Å². The van der Waals surface area contributed by atoms with Gasteiger partial charge in [-0.05, 0) is 49.8 Å². The normalized spacial score (nSPS) is 11.9. The lowest BCUT2D eigenvalue weighted by atomic mass is 10.1. The van der Waals surface area contributed by atoms with Crippen LogP contribution < -0.4 is 4.74 Å². The fraction of sp³-hybridized carbons (Fsp3) is 0.286. The summed E-state index contributed by atoms with van der Waals surface area (Å²) in [4.78, 5) is 14.7. The van der Waals surface area contributed by atoms with Crippen LogP contribution in [0.2, 0.25) is 0 Å². The highest BCUT2D eigenvalue weighted by Crippen LogP contribution is 2.23. The molecule has 0 aliphatic carbocycles. The van der Waals surface area contributed by atoms with E-state index >= 15 is 0 Å². The van der Waals surface area contributed by atoms with Gasteiger partial charge in [-0.1, -0.05) is 35.9 Å². The number of carbonyl (C=O) groups excluding carboxylic acids is 1. The fourth-order valence-corrected chi connectivity index (χ4v) is 3.23. The molecule has 1 N–H and O–H groups in total. The van der Waals surface area contributed by atoms with Gasteiger partial charge in [0.05, 0.1) is 13.2 Å². The van der Waals surface area contributed by atoms with E-state index in [1.165, 1.54) is 0 Å². The van der Waals surface area contributed by atoms with E-state index in [1.807, 2.05) is 62.4 Å². The molecular formula is C21H24N4O2S. The number of nitrogens with zero attached hydrogens (tertiary/aromatic N) is 3. The second-order valence-corrected chi connectivity index (χ2v) is 7.15. The predicted octanol–water partition coefficient (Wildman–Crippen LogP) is 4.14. The lowest BCUT2D eigenvalue weighted by molar-refractivity contribution is -0.132. The monoisotopic (exact) mass is 396 g/mol. The van der Waals surface area contributed by atoms with Crippen LogP contribution in [0, 0.1) is 11.7 Å². The minimum atomic E-state index is -0.0816. The molecule has 28 heavy (non-hydrogen) atoms. The van der Waals surface area contributed by atoms with Crippen LogP contribution in [0.25, 0.3) is 11.4 Å². The first-order valence-electron chi connectivity index (χ1n) is 9.02. The van der Waals surface area contributed by atoms with Gasteiger partial charge in [-0.3, -0.25) is 14.5 Å². The molecular weight excluding hydrogens is 372 g/mol. The summed E-state index contributed by atoms with van der Waals surface area (Å²) >= 11 is 5.36. The number of hydrogen-bond donors (Lipinski definition) is 1. The number of methoxy groups -OCH3 is 1. The Morgan fingerprint density at radius 1 is 1.29 bits per heavy atom. The molecule has 0 saturated carbocycles. The van der Waals surface area contributed by atoms with E-state index in [4.69, 9.17) is 17.0 Å². The van der Waals surface area contributed by atoms with Crippen LogP contribution in [-0.2, 0) is 11.3 Å². The maximum atomic E-state index is 12.9. The molecule has 1 unspecified atom stereocenters. The molecule has 0 aliphatic rings.